The Hall–Kier alpha value is -1.24. The molecule has 1 N–H and O–H groups in total. The van der Waals surface area contributed by atoms with Gasteiger partial charge in [0.1, 0.15) is 0 Å². The molecule has 0 rings (SSSR count). The highest BCUT2D eigenvalue weighted by Crippen LogP contribution is 2.09. The van der Waals surface area contributed by atoms with Crippen molar-refractivity contribution in [1.82, 2.24) is 0 Å². The van der Waals surface area contributed by atoms with E-state index in [0.717, 1.165) is 43.5 Å². The minimum Gasteiger partial charge on any atom is -1.00 e. The summed E-state index contributed by atoms with van der Waals surface area (Å²) in [6.07, 6.45) is 16.6. The first-order valence-electron chi connectivity index (χ1n) is 10.0. The Labute approximate surface area is 173 Å². The lowest BCUT2D eigenvalue weighted by molar-refractivity contribution is -0.906. The molecule has 0 heterocycles. The fraction of sp³-hybridized carbons (Fsp3) is 0.636. The SMILES string of the molecule is C=CC[N+](CC=C)(CC=C)CC=C.CCCCCCCCCCS(=O)(=O)O.[F-]. The van der Waals surface area contributed by atoms with Crippen LogP contribution >= 0.6 is 0 Å². The van der Waals surface area contributed by atoms with Gasteiger partial charge in [0, 0.05) is 0 Å². The van der Waals surface area contributed by atoms with Crippen molar-refractivity contribution in [1.29, 1.82) is 0 Å². The van der Waals surface area contributed by atoms with Crippen molar-refractivity contribution in [2.75, 3.05) is 31.9 Å². The van der Waals surface area contributed by atoms with Gasteiger partial charge in [-0.05, 0) is 30.7 Å². The fourth-order valence-corrected chi connectivity index (χ4v) is 3.53. The van der Waals surface area contributed by atoms with Gasteiger partial charge in [-0.25, -0.2) is 0 Å². The third kappa shape index (κ3) is 21.1. The second-order valence-corrected chi connectivity index (χ2v) is 8.56. The van der Waals surface area contributed by atoms with Gasteiger partial charge < -0.3 is 9.19 Å². The average molecular weight is 420 g/mol. The molecular weight excluding hydrogens is 377 g/mol. The largest absolute Gasteiger partial charge is 1.00 e. The van der Waals surface area contributed by atoms with E-state index in [0.29, 0.717) is 6.42 Å². The highest BCUT2D eigenvalue weighted by molar-refractivity contribution is 7.85. The van der Waals surface area contributed by atoms with Gasteiger partial charge >= 0.3 is 0 Å². The van der Waals surface area contributed by atoms with Crippen molar-refractivity contribution >= 4 is 10.1 Å². The summed E-state index contributed by atoms with van der Waals surface area (Å²) in [7, 11) is -3.73. The maximum absolute atomic E-state index is 10.4. The smallest absolute Gasteiger partial charge is 0.264 e. The zero-order valence-electron chi connectivity index (χ0n) is 17.8. The van der Waals surface area contributed by atoms with Crippen LogP contribution in [-0.2, 0) is 10.1 Å². The van der Waals surface area contributed by atoms with Gasteiger partial charge in [-0.3, -0.25) is 4.55 Å². The van der Waals surface area contributed by atoms with Crippen LogP contribution in [0.3, 0.4) is 0 Å². The van der Waals surface area contributed by atoms with E-state index in [9.17, 15) is 8.42 Å². The van der Waals surface area contributed by atoms with Crippen molar-refractivity contribution < 1.29 is 22.2 Å². The van der Waals surface area contributed by atoms with Crippen molar-refractivity contribution in [3.05, 3.63) is 50.6 Å². The summed E-state index contributed by atoms with van der Waals surface area (Å²) in [5, 5.41) is 0. The Balaban J connectivity index is -0.000000432. The van der Waals surface area contributed by atoms with Crippen molar-refractivity contribution in [2.24, 2.45) is 0 Å². The maximum Gasteiger partial charge on any atom is 0.264 e. The molecule has 0 aromatic carbocycles. The highest BCUT2D eigenvalue weighted by Gasteiger charge is 2.20. The molecule has 6 heteroatoms. The second-order valence-electron chi connectivity index (χ2n) is 6.99. The molecule has 0 fully saturated rings. The first kappa shape index (κ1) is 31.5. The van der Waals surface area contributed by atoms with E-state index in [1.165, 1.54) is 32.1 Å². The van der Waals surface area contributed by atoms with Gasteiger partial charge in [0.15, 0.2) is 0 Å². The fourth-order valence-electron chi connectivity index (χ4n) is 2.96. The van der Waals surface area contributed by atoms with E-state index in [1.807, 2.05) is 24.3 Å². The molecule has 0 aliphatic heterocycles. The third-order valence-electron chi connectivity index (χ3n) is 4.32. The lowest BCUT2D eigenvalue weighted by Crippen LogP contribution is -3.00. The van der Waals surface area contributed by atoms with Crippen molar-refractivity contribution in [3.8, 4) is 0 Å². The van der Waals surface area contributed by atoms with Crippen LogP contribution in [-0.4, -0.2) is 49.4 Å². The molecule has 0 aliphatic carbocycles. The van der Waals surface area contributed by atoms with E-state index >= 15 is 0 Å². The van der Waals surface area contributed by atoms with Crippen LogP contribution in [0.5, 0.6) is 0 Å². The Morgan fingerprint density at radius 2 is 1.04 bits per heavy atom. The normalized spacial score (nSPS) is 10.8. The topological polar surface area (TPSA) is 54.4 Å². The molecule has 166 valence electrons. The summed E-state index contributed by atoms with van der Waals surface area (Å²) in [6.45, 7) is 21.0. The molecule has 0 unspecified atom stereocenters. The minimum absolute atomic E-state index is 0. The lowest BCUT2D eigenvalue weighted by atomic mass is 10.1. The van der Waals surface area contributed by atoms with Gasteiger partial charge in [-0.1, -0.05) is 78.2 Å². The van der Waals surface area contributed by atoms with E-state index in [-0.39, 0.29) is 10.5 Å². The summed E-state index contributed by atoms with van der Waals surface area (Å²) in [4.78, 5) is 0. The Kier molecular flexibility index (Phi) is 23.0. The summed E-state index contributed by atoms with van der Waals surface area (Å²) in [6, 6.07) is 0. The van der Waals surface area contributed by atoms with Gasteiger partial charge in [0.2, 0.25) is 0 Å². The zero-order chi connectivity index (χ0) is 21.0. The first-order valence-corrected chi connectivity index (χ1v) is 11.7. The monoisotopic (exact) mass is 419 g/mol. The third-order valence-corrected chi connectivity index (χ3v) is 5.13. The van der Waals surface area contributed by atoms with Crippen LogP contribution in [0.4, 0.5) is 0 Å². The number of hydrogen-bond donors (Lipinski definition) is 1. The van der Waals surface area contributed by atoms with E-state index in [4.69, 9.17) is 4.55 Å². The number of rotatable bonds is 17. The molecule has 0 aromatic heterocycles. The lowest BCUT2D eigenvalue weighted by Gasteiger charge is -2.35. The van der Waals surface area contributed by atoms with Gasteiger partial charge in [0.05, 0.1) is 31.9 Å². The molecular formula is C22H42FNO3S. The molecule has 0 amide bonds. The Morgan fingerprint density at radius 1 is 0.714 bits per heavy atom. The number of halogens is 1. The van der Waals surface area contributed by atoms with Crippen molar-refractivity contribution in [3.63, 3.8) is 0 Å². The van der Waals surface area contributed by atoms with Gasteiger partial charge in [-0.2, -0.15) is 8.42 Å². The molecule has 0 aliphatic rings. The van der Waals surface area contributed by atoms with Crippen LogP contribution in [0.25, 0.3) is 0 Å². The maximum atomic E-state index is 10.4. The van der Waals surface area contributed by atoms with Gasteiger partial charge in [-0.15, -0.1) is 0 Å². The number of unbranched alkanes of at least 4 members (excludes halogenated alkanes) is 7. The predicted octanol–water partition coefficient (Wildman–Crippen LogP) is 2.57. The predicted molar refractivity (Wildman–Crippen MR) is 120 cm³/mol. The van der Waals surface area contributed by atoms with Crippen LogP contribution in [0.2, 0.25) is 0 Å². The van der Waals surface area contributed by atoms with Crippen LogP contribution in [0.15, 0.2) is 50.6 Å². The molecule has 0 radical (unpaired) electrons. The summed E-state index contributed by atoms with van der Waals surface area (Å²) in [5.74, 6) is -0.0814. The first-order chi connectivity index (χ1) is 12.8. The Bertz CT molecular complexity index is 458. The number of nitrogens with zero attached hydrogens (tertiary/aromatic N) is 1. The molecule has 0 saturated heterocycles. The van der Waals surface area contributed by atoms with Gasteiger partial charge in [0.25, 0.3) is 10.1 Å². The zero-order valence-corrected chi connectivity index (χ0v) is 18.6. The van der Waals surface area contributed by atoms with E-state index in [1.54, 1.807) is 0 Å². The molecule has 0 saturated carbocycles. The van der Waals surface area contributed by atoms with E-state index in [2.05, 4.69) is 33.2 Å². The Morgan fingerprint density at radius 3 is 1.32 bits per heavy atom. The highest BCUT2D eigenvalue weighted by atomic mass is 32.2. The molecule has 0 atom stereocenters. The quantitative estimate of drug-likeness (QED) is 0.171. The standard InChI is InChI=1S/C12H20N.C10H22O3S.FH/c1-5-9-13(10-6-2,11-7-3)12-8-4;1-2-3-4-5-6-7-8-9-10-14(11,12)13;/h5-8H,1-4,9-12H2;2-10H2,1H3,(H,11,12,13);1H/q+1;;/p-1. The van der Waals surface area contributed by atoms with Crippen LogP contribution < -0.4 is 4.70 Å². The summed E-state index contributed by atoms with van der Waals surface area (Å²) >= 11 is 0. The summed E-state index contributed by atoms with van der Waals surface area (Å²) in [5.41, 5.74) is 0. The minimum atomic E-state index is -3.73. The number of quaternary nitrogens is 1. The van der Waals surface area contributed by atoms with Crippen LogP contribution in [0.1, 0.15) is 58.3 Å². The molecule has 28 heavy (non-hydrogen) atoms. The van der Waals surface area contributed by atoms with Crippen LogP contribution in [0, 0.1) is 0 Å². The molecule has 0 bridgehead atoms. The second kappa shape index (κ2) is 20.5. The van der Waals surface area contributed by atoms with Crippen molar-refractivity contribution in [2.45, 2.75) is 58.3 Å². The summed E-state index contributed by atoms with van der Waals surface area (Å²) < 4.78 is 30.1. The number of hydrogen-bond acceptors (Lipinski definition) is 2. The molecule has 0 aromatic rings. The van der Waals surface area contributed by atoms with E-state index < -0.39 is 10.1 Å². The average Bonchev–Trinajstić information content (AvgIpc) is 2.58. The molecule has 4 nitrogen and oxygen atoms in total. The molecule has 0 spiro atoms.